The molecule has 2 bridgehead atoms. The van der Waals surface area contributed by atoms with E-state index in [1.165, 1.54) is 25.0 Å². The number of anilines is 1. The summed E-state index contributed by atoms with van der Waals surface area (Å²) < 4.78 is 14.5. The number of nitro benzene ring substituents is 1. The molecule has 2 fully saturated rings. The number of fused-ring (bicyclic) bond motifs is 7. The van der Waals surface area contributed by atoms with Gasteiger partial charge in [-0.1, -0.05) is 18.2 Å². The van der Waals surface area contributed by atoms with Crippen LogP contribution < -0.4 is 5.32 Å². The molecule has 25 heavy (non-hydrogen) atoms. The van der Waals surface area contributed by atoms with Gasteiger partial charge in [-0.2, -0.15) is 0 Å². The summed E-state index contributed by atoms with van der Waals surface area (Å²) in [5, 5.41) is 14.7. The third kappa shape index (κ3) is 2.11. The fourth-order valence-corrected chi connectivity index (χ4v) is 5.62. The minimum atomic E-state index is -0.328. The van der Waals surface area contributed by atoms with Gasteiger partial charge in [0.1, 0.15) is 5.82 Å². The summed E-state index contributed by atoms with van der Waals surface area (Å²) in [5.74, 6) is 1.56. The molecule has 1 heterocycles. The van der Waals surface area contributed by atoms with Crippen LogP contribution >= 0.6 is 0 Å². The first-order valence-corrected chi connectivity index (χ1v) is 8.93. The maximum Gasteiger partial charge on any atom is 0.269 e. The summed E-state index contributed by atoms with van der Waals surface area (Å²) in [5.41, 5.74) is 2.84. The first-order chi connectivity index (χ1) is 12.1. The van der Waals surface area contributed by atoms with Gasteiger partial charge in [-0.3, -0.25) is 10.1 Å². The Morgan fingerprint density at radius 1 is 1.08 bits per heavy atom. The largest absolute Gasteiger partial charge is 0.378 e. The summed E-state index contributed by atoms with van der Waals surface area (Å²) in [6, 6.07) is 12.0. The van der Waals surface area contributed by atoms with E-state index in [0.29, 0.717) is 29.2 Å². The molecule has 5 rings (SSSR count). The van der Waals surface area contributed by atoms with Crippen LogP contribution in [0.4, 0.5) is 15.8 Å². The van der Waals surface area contributed by atoms with Crippen molar-refractivity contribution in [2.45, 2.75) is 31.2 Å². The molecule has 4 nitrogen and oxygen atoms in total. The molecule has 0 saturated heterocycles. The molecule has 128 valence electrons. The van der Waals surface area contributed by atoms with E-state index >= 15 is 0 Å². The lowest BCUT2D eigenvalue weighted by Crippen LogP contribution is -2.35. The normalized spacial score (nSPS) is 32.0. The monoisotopic (exact) mass is 338 g/mol. The Labute approximate surface area is 145 Å². The van der Waals surface area contributed by atoms with E-state index in [-0.39, 0.29) is 22.5 Å². The first kappa shape index (κ1) is 14.9. The number of hydrogen-bond donors (Lipinski definition) is 1. The molecule has 0 radical (unpaired) electrons. The van der Waals surface area contributed by atoms with Crippen molar-refractivity contribution in [3.05, 3.63) is 69.5 Å². The lowest BCUT2D eigenvalue weighted by molar-refractivity contribution is -0.384. The summed E-state index contributed by atoms with van der Waals surface area (Å²) in [7, 11) is 0. The molecule has 0 amide bonds. The molecule has 0 unspecified atom stereocenters. The van der Waals surface area contributed by atoms with Gasteiger partial charge >= 0.3 is 0 Å². The van der Waals surface area contributed by atoms with E-state index in [1.807, 2.05) is 12.1 Å². The number of benzene rings is 2. The van der Waals surface area contributed by atoms with Gasteiger partial charge in [0.05, 0.1) is 11.0 Å². The molecule has 5 atom stereocenters. The number of nitrogens with zero attached hydrogens (tertiary/aromatic N) is 1. The van der Waals surface area contributed by atoms with E-state index in [9.17, 15) is 14.5 Å². The van der Waals surface area contributed by atoms with Crippen molar-refractivity contribution in [2.75, 3.05) is 5.32 Å². The zero-order valence-corrected chi connectivity index (χ0v) is 13.7. The van der Waals surface area contributed by atoms with Crippen LogP contribution in [0.5, 0.6) is 0 Å². The second-order valence-electron chi connectivity index (χ2n) is 7.61. The Balaban J connectivity index is 1.65. The van der Waals surface area contributed by atoms with Crippen LogP contribution in [0.3, 0.4) is 0 Å². The van der Waals surface area contributed by atoms with Gasteiger partial charge in [-0.05, 0) is 60.6 Å². The smallest absolute Gasteiger partial charge is 0.269 e. The highest BCUT2D eigenvalue weighted by Gasteiger charge is 2.54. The van der Waals surface area contributed by atoms with Crippen molar-refractivity contribution in [3.8, 4) is 0 Å². The van der Waals surface area contributed by atoms with Crippen molar-refractivity contribution < 1.29 is 9.31 Å². The molecule has 2 aromatic carbocycles. The van der Waals surface area contributed by atoms with Gasteiger partial charge in [0.2, 0.25) is 0 Å². The Hall–Kier alpha value is -2.43. The van der Waals surface area contributed by atoms with Gasteiger partial charge < -0.3 is 5.32 Å². The molecular weight excluding hydrogens is 319 g/mol. The molecule has 5 heteroatoms. The van der Waals surface area contributed by atoms with Crippen molar-refractivity contribution in [1.82, 2.24) is 0 Å². The number of halogens is 1. The average Bonchev–Trinajstić information content (AvgIpc) is 3.23. The number of nitrogens with one attached hydrogen (secondary N) is 1. The highest BCUT2D eigenvalue weighted by molar-refractivity contribution is 5.62. The van der Waals surface area contributed by atoms with Crippen molar-refractivity contribution >= 4 is 11.4 Å². The highest BCUT2D eigenvalue weighted by Crippen LogP contribution is 2.64. The van der Waals surface area contributed by atoms with Crippen LogP contribution in [0.2, 0.25) is 0 Å². The summed E-state index contributed by atoms with van der Waals surface area (Å²) in [6.07, 6.45) is 3.52. The van der Waals surface area contributed by atoms with Crippen molar-refractivity contribution in [1.29, 1.82) is 0 Å². The second kappa shape index (κ2) is 5.28. The topological polar surface area (TPSA) is 55.2 Å². The van der Waals surface area contributed by atoms with Crippen LogP contribution in [0.25, 0.3) is 0 Å². The molecule has 3 aliphatic rings. The van der Waals surface area contributed by atoms with Gasteiger partial charge in [0, 0.05) is 23.4 Å². The molecule has 2 aliphatic carbocycles. The van der Waals surface area contributed by atoms with Crippen LogP contribution in [0.15, 0.2) is 42.5 Å². The van der Waals surface area contributed by atoms with Gasteiger partial charge in [-0.25, -0.2) is 4.39 Å². The predicted molar refractivity (Wildman–Crippen MR) is 92.9 cm³/mol. The number of non-ortho nitro benzene ring substituents is 1. The maximum absolute atomic E-state index is 14.5. The third-order valence-electron chi connectivity index (χ3n) is 6.52. The Morgan fingerprint density at radius 2 is 1.88 bits per heavy atom. The maximum atomic E-state index is 14.5. The quantitative estimate of drug-likeness (QED) is 0.617. The minimum absolute atomic E-state index is 0.0598. The highest BCUT2D eigenvalue weighted by atomic mass is 19.1. The summed E-state index contributed by atoms with van der Waals surface area (Å²) in [4.78, 5) is 10.9. The Kier molecular flexibility index (Phi) is 3.14. The molecule has 2 aromatic rings. The lowest BCUT2D eigenvalue weighted by atomic mass is 9.68. The standard InChI is InChI=1S/C20H19FN2O2/c21-16-4-2-1-3-14(16)20-19-12-6-5-11(9-12)18(19)15-10-13(23(24)25)7-8-17(15)22-20/h1-4,7-8,10-12,18-20,22H,5-6,9H2/t11-,12+,18+,19-,20+/m0/s1. The fraction of sp³-hybridized carbons (Fsp3) is 0.400. The van der Waals surface area contributed by atoms with Gasteiger partial charge in [0.15, 0.2) is 0 Å². The number of nitro groups is 1. The van der Waals surface area contributed by atoms with Gasteiger partial charge in [-0.15, -0.1) is 0 Å². The van der Waals surface area contributed by atoms with E-state index in [0.717, 1.165) is 17.7 Å². The number of rotatable bonds is 2. The average molecular weight is 338 g/mol. The SMILES string of the molecule is O=[N+]([O-])c1ccc2c(c1)[C@H]1[C@H]3CC[C@H](C3)[C@@H]1[C@@H](c1ccccc1F)N2. The van der Waals surface area contributed by atoms with Crippen LogP contribution in [0.1, 0.15) is 42.3 Å². The van der Waals surface area contributed by atoms with E-state index in [2.05, 4.69) is 5.32 Å². The van der Waals surface area contributed by atoms with Crippen LogP contribution in [-0.4, -0.2) is 4.92 Å². The second-order valence-corrected chi connectivity index (χ2v) is 7.61. The van der Waals surface area contributed by atoms with Crippen LogP contribution in [0, 0.1) is 33.7 Å². The first-order valence-electron chi connectivity index (χ1n) is 8.93. The van der Waals surface area contributed by atoms with Crippen molar-refractivity contribution in [2.24, 2.45) is 17.8 Å². The van der Waals surface area contributed by atoms with Crippen molar-refractivity contribution in [3.63, 3.8) is 0 Å². The molecule has 2 saturated carbocycles. The Morgan fingerprint density at radius 3 is 2.68 bits per heavy atom. The number of hydrogen-bond acceptors (Lipinski definition) is 3. The molecule has 1 N–H and O–H groups in total. The lowest BCUT2D eigenvalue weighted by Gasteiger charge is -2.43. The zero-order chi connectivity index (χ0) is 17.1. The zero-order valence-electron chi connectivity index (χ0n) is 13.7. The molecule has 1 aliphatic heterocycles. The van der Waals surface area contributed by atoms with E-state index in [4.69, 9.17) is 0 Å². The molecular formula is C20H19FN2O2. The van der Waals surface area contributed by atoms with E-state index in [1.54, 1.807) is 18.2 Å². The Bertz CT molecular complexity index is 869. The predicted octanol–water partition coefficient (Wildman–Crippen LogP) is 5.03. The fourth-order valence-electron chi connectivity index (χ4n) is 5.62. The van der Waals surface area contributed by atoms with E-state index < -0.39 is 0 Å². The van der Waals surface area contributed by atoms with Gasteiger partial charge in [0.25, 0.3) is 5.69 Å². The third-order valence-corrected chi connectivity index (χ3v) is 6.52. The summed E-state index contributed by atoms with van der Waals surface area (Å²) >= 11 is 0. The summed E-state index contributed by atoms with van der Waals surface area (Å²) in [6.45, 7) is 0. The minimum Gasteiger partial charge on any atom is -0.378 e. The molecule has 0 aromatic heterocycles. The van der Waals surface area contributed by atoms with Crippen LogP contribution in [-0.2, 0) is 0 Å². The molecule has 0 spiro atoms.